The number of benzene rings is 1. The van der Waals surface area contributed by atoms with Crippen molar-refractivity contribution < 1.29 is 8.42 Å². The van der Waals surface area contributed by atoms with Crippen molar-refractivity contribution in [2.24, 2.45) is 0 Å². The Morgan fingerprint density at radius 1 is 1.15 bits per heavy atom. The normalized spacial score (nSPS) is 12.0. The third-order valence-corrected chi connectivity index (χ3v) is 5.31. The minimum absolute atomic E-state index is 0.109. The number of hydrogen-bond donors (Lipinski definition) is 1. The Morgan fingerprint density at radius 3 is 2.20 bits per heavy atom. The van der Waals surface area contributed by atoms with Crippen LogP contribution in [0, 0.1) is 0 Å². The highest BCUT2D eigenvalue weighted by Crippen LogP contribution is 2.26. The number of nitrogens with zero attached hydrogens (tertiary/aromatic N) is 1. The third kappa shape index (κ3) is 4.36. The maximum Gasteiger partial charge on any atom is 0.245 e. The standard InChI is InChI=1S/C14H23ClN2O2S/c1-3-5-9-17(10-6-4-2)20(18,19)14-11-12(15)7-8-13(14)16/h7-8,11H,3-6,9-10,16H2,1-2H3. The van der Waals surface area contributed by atoms with E-state index in [0.29, 0.717) is 18.1 Å². The van der Waals surface area contributed by atoms with E-state index in [2.05, 4.69) is 0 Å². The van der Waals surface area contributed by atoms with Crippen molar-refractivity contribution in [3.05, 3.63) is 23.2 Å². The van der Waals surface area contributed by atoms with Crippen molar-refractivity contribution in [3.63, 3.8) is 0 Å². The van der Waals surface area contributed by atoms with Crippen LogP contribution in [0.2, 0.25) is 5.02 Å². The van der Waals surface area contributed by atoms with Gasteiger partial charge in [0.15, 0.2) is 0 Å². The Hall–Kier alpha value is -0.780. The molecule has 0 amide bonds. The SMILES string of the molecule is CCCCN(CCCC)S(=O)(=O)c1cc(Cl)ccc1N. The Balaban J connectivity index is 3.10. The van der Waals surface area contributed by atoms with Gasteiger partial charge in [-0.3, -0.25) is 0 Å². The van der Waals surface area contributed by atoms with E-state index >= 15 is 0 Å². The Kier molecular flexibility index (Phi) is 6.79. The minimum atomic E-state index is -3.57. The number of anilines is 1. The molecule has 20 heavy (non-hydrogen) atoms. The van der Waals surface area contributed by atoms with Gasteiger partial charge in [0.2, 0.25) is 10.0 Å². The summed E-state index contributed by atoms with van der Waals surface area (Å²) in [5.41, 5.74) is 6.05. The molecule has 0 atom stereocenters. The van der Waals surface area contributed by atoms with Gasteiger partial charge in [-0.2, -0.15) is 4.31 Å². The lowest BCUT2D eigenvalue weighted by Gasteiger charge is -2.22. The Labute approximate surface area is 127 Å². The number of halogens is 1. The molecule has 0 aliphatic carbocycles. The predicted octanol–water partition coefficient (Wildman–Crippen LogP) is 3.51. The summed E-state index contributed by atoms with van der Waals surface area (Å²) in [6, 6.07) is 4.56. The third-order valence-electron chi connectivity index (χ3n) is 3.12. The molecule has 6 heteroatoms. The summed E-state index contributed by atoms with van der Waals surface area (Å²) < 4.78 is 26.9. The molecule has 0 saturated heterocycles. The van der Waals surface area contributed by atoms with Crippen LogP contribution in [0.4, 0.5) is 5.69 Å². The fourth-order valence-electron chi connectivity index (χ4n) is 1.89. The summed E-state index contributed by atoms with van der Waals surface area (Å²) in [4.78, 5) is 0.109. The Bertz CT molecular complexity index is 524. The molecule has 0 radical (unpaired) electrons. The van der Waals surface area contributed by atoms with E-state index in [1.807, 2.05) is 13.8 Å². The lowest BCUT2D eigenvalue weighted by molar-refractivity contribution is 0.395. The van der Waals surface area contributed by atoms with E-state index in [9.17, 15) is 8.42 Å². The summed E-state index contributed by atoms with van der Waals surface area (Å²) in [5.74, 6) is 0. The van der Waals surface area contributed by atoms with Gasteiger partial charge in [-0.15, -0.1) is 0 Å². The van der Waals surface area contributed by atoms with Gasteiger partial charge in [-0.1, -0.05) is 38.3 Å². The second-order valence-electron chi connectivity index (χ2n) is 4.79. The van der Waals surface area contributed by atoms with Crippen molar-refractivity contribution in [1.29, 1.82) is 0 Å². The Morgan fingerprint density at radius 2 is 1.70 bits per heavy atom. The van der Waals surface area contributed by atoms with E-state index in [4.69, 9.17) is 17.3 Å². The van der Waals surface area contributed by atoms with E-state index < -0.39 is 10.0 Å². The zero-order valence-electron chi connectivity index (χ0n) is 12.1. The fraction of sp³-hybridized carbons (Fsp3) is 0.571. The molecular formula is C14H23ClN2O2S. The molecule has 0 heterocycles. The highest BCUT2D eigenvalue weighted by Gasteiger charge is 2.25. The summed E-state index contributed by atoms with van der Waals surface area (Å²) in [7, 11) is -3.57. The van der Waals surface area contributed by atoms with Crippen molar-refractivity contribution in [1.82, 2.24) is 4.31 Å². The monoisotopic (exact) mass is 318 g/mol. The van der Waals surface area contributed by atoms with Crippen molar-refractivity contribution in [2.75, 3.05) is 18.8 Å². The van der Waals surface area contributed by atoms with Gasteiger partial charge >= 0.3 is 0 Å². The van der Waals surface area contributed by atoms with Gasteiger partial charge in [0.25, 0.3) is 0 Å². The molecule has 0 fully saturated rings. The van der Waals surface area contributed by atoms with E-state index in [1.54, 1.807) is 6.07 Å². The minimum Gasteiger partial charge on any atom is -0.398 e. The van der Waals surface area contributed by atoms with Gasteiger partial charge in [0.1, 0.15) is 4.90 Å². The fourth-order valence-corrected chi connectivity index (χ4v) is 3.79. The molecular weight excluding hydrogens is 296 g/mol. The molecule has 4 nitrogen and oxygen atoms in total. The van der Waals surface area contributed by atoms with Gasteiger partial charge < -0.3 is 5.73 Å². The van der Waals surface area contributed by atoms with Crippen molar-refractivity contribution >= 4 is 27.3 Å². The maximum absolute atomic E-state index is 12.7. The summed E-state index contributed by atoms with van der Waals surface area (Å²) in [6.45, 7) is 5.12. The molecule has 1 aromatic carbocycles. The second kappa shape index (κ2) is 7.86. The average Bonchev–Trinajstić information content (AvgIpc) is 2.41. The van der Waals surface area contributed by atoms with Crippen molar-refractivity contribution in [3.8, 4) is 0 Å². The molecule has 2 N–H and O–H groups in total. The smallest absolute Gasteiger partial charge is 0.245 e. The van der Waals surface area contributed by atoms with Crippen LogP contribution >= 0.6 is 11.6 Å². The molecule has 0 spiro atoms. The number of unbranched alkanes of at least 4 members (excludes halogenated alkanes) is 2. The lowest BCUT2D eigenvalue weighted by Crippen LogP contribution is -2.33. The van der Waals surface area contributed by atoms with E-state index in [-0.39, 0.29) is 10.6 Å². The number of hydrogen-bond acceptors (Lipinski definition) is 3. The molecule has 0 bridgehead atoms. The highest BCUT2D eigenvalue weighted by atomic mass is 35.5. The lowest BCUT2D eigenvalue weighted by atomic mass is 10.3. The zero-order chi connectivity index (χ0) is 15.2. The van der Waals surface area contributed by atoms with Crippen LogP contribution in [0.25, 0.3) is 0 Å². The average molecular weight is 319 g/mol. The predicted molar refractivity (Wildman–Crippen MR) is 84.4 cm³/mol. The number of rotatable bonds is 8. The van der Waals surface area contributed by atoms with Crippen molar-refractivity contribution in [2.45, 2.75) is 44.4 Å². The summed E-state index contributed by atoms with van der Waals surface area (Å²) in [5, 5.41) is 0.378. The number of nitrogen functional groups attached to an aromatic ring is 1. The van der Waals surface area contributed by atoms with Crippen LogP contribution in [-0.4, -0.2) is 25.8 Å². The molecule has 1 rings (SSSR count). The van der Waals surface area contributed by atoms with Gasteiger partial charge in [-0.05, 0) is 31.0 Å². The second-order valence-corrected chi connectivity index (χ2v) is 7.14. The van der Waals surface area contributed by atoms with E-state index in [0.717, 1.165) is 25.7 Å². The van der Waals surface area contributed by atoms with Crippen LogP contribution in [0.5, 0.6) is 0 Å². The largest absolute Gasteiger partial charge is 0.398 e. The van der Waals surface area contributed by atoms with Crippen LogP contribution in [-0.2, 0) is 10.0 Å². The molecule has 0 aliphatic heterocycles. The molecule has 0 aliphatic rings. The first-order valence-corrected chi connectivity index (χ1v) is 8.80. The summed E-state index contributed by atoms with van der Waals surface area (Å²) in [6.07, 6.45) is 3.57. The van der Waals surface area contributed by atoms with Crippen LogP contribution < -0.4 is 5.73 Å². The quantitative estimate of drug-likeness (QED) is 0.746. The van der Waals surface area contributed by atoms with Gasteiger partial charge in [-0.25, -0.2) is 8.42 Å². The zero-order valence-corrected chi connectivity index (χ0v) is 13.7. The topological polar surface area (TPSA) is 63.4 Å². The van der Waals surface area contributed by atoms with Crippen LogP contribution in [0.1, 0.15) is 39.5 Å². The molecule has 0 unspecified atom stereocenters. The highest BCUT2D eigenvalue weighted by molar-refractivity contribution is 7.89. The van der Waals surface area contributed by atoms with Crippen LogP contribution in [0.15, 0.2) is 23.1 Å². The van der Waals surface area contributed by atoms with Crippen LogP contribution in [0.3, 0.4) is 0 Å². The number of sulfonamides is 1. The molecule has 0 saturated carbocycles. The first-order valence-electron chi connectivity index (χ1n) is 6.98. The maximum atomic E-state index is 12.7. The van der Waals surface area contributed by atoms with Gasteiger partial charge in [0.05, 0.1) is 5.69 Å². The number of nitrogens with two attached hydrogens (primary N) is 1. The first-order chi connectivity index (χ1) is 9.43. The van der Waals surface area contributed by atoms with Gasteiger partial charge in [0, 0.05) is 18.1 Å². The molecule has 0 aromatic heterocycles. The first kappa shape index (κ1) is 17.3. The summed E-state index contributed by atoms with van der Waals surface area (Å²) >= 11 is 5.90. The van der Waals surface area contributed by atoms with E-state index in [1.165, 1.54) is 16.4 Å². The molecule has 1 aromatic rings. The molecule has 114 valence electrons.